The first-order valence-corrected chi connectivity index (χ1v) is 11.8. The number of benzene rings is 1. The number of para-hydroxylation sites is 1. The van der Waals surface area contributed by atoms with E-state index in [0.717, 1.165) is 11.1 Å². The van der Waals surface area contributed by atoms with E-state index in [1.54, 1.807) is 6.92 Å². The van der Waals surface area contributed by atoms with E-state index >= 15 is 0 Å². The van der Waals surface area contributed by atoms with Crippen molar-refractivity contribution in [2.45, 2.75) is 64.7 Å². The number of carbonyl (C=O) groups excluding carboxylic acids is 3. The van der Waals surface area contributed by atoms with E-state index < -0.39 is 35.0 Å². The Morgan fingerprint density at radius 1 is 1.30 bits per heavy atom. The van der Waals surface area contributed by atoms with Crippen LogP contribution in [0.1, 0.15) is 44.7 Å². The Morgan fingerprint density at radius 2 is 1.97 bits per heavy atom. The van der Waals surface area contributed by atoms with Gasteiger partial charge < -0.3 is 24.8 Å². The Labute approximate surface area is 194 Å². The van der Waals surface area contributed by atoms with Crippen LogP contribution in [0.5, 0.6) is 0 Å². The molecule has 3 aliphatic heterocycles. The van der Waals surface area contributed by atoms with Crippen LogP contribution < -0.4 is 5.32 Å². The number of aryl methyl sites for hydroxylation is 2. The fraction of sp³-hybridized carbons (Fsp3) is 0.640. The molecule has 1 aromatic rings. The largest absolute Gasteiger partial charge is 0.466 e. The molecule has 3 aliphatic rings. The van der Waals surface area contributed by atoms with Crippen LogP contribution >= 0.6 is 0 Å². The third-order valence-electron chi connectivity index (χ3n) is 7.89. The van der Waals surface area contributed by atoms with Crippen LogP contribution in [-0.2, 0) is 23.9 Å². The monoisotopic (exact) mass is 458 g/mol. The van der Waals surface area contributed by atoms with Gasteiger partial charge in [0.1, 0.15) is 17.6 Å². The average Bonchev–Trinajstić information content (AvgIpc) is 3.26. The van der Waals surface area contributed by atoms with Gasteiger partial charge in [0, 0.05) is 18.8 Å². The zero-order valence-corrected chi connectivity index (χ0v) is 20.0. The predicted octanol–water partition coefficient (Wildman–Crippen LogP) is 2.20. The highest BCUT2D eigenvalue weighted by atomic mass is 16.6. The average molecular weight is 459 g/mol. The summed E-state index contributed by atoms with van der Waals surface area (Å²) >= 11 is 0. The number of aliphatic hydroxyl groups is 1. The summed E-state index contributed by atoms with van der Waals surface area (Å²) in [6.45, 7) is 9.74. The van der Waals surface area contributed by atoms with Crippen molar-refractivity contribution < 1.29 is 29.0 Å². The first kappa shape index (κ1) is 23.7. The van der Waals surface area contributed by atoms with Gasteiger partial charge in [0.2, 0.25) is 11.8 Å². The molecule has 0 radical (unpaired) electrons. The van der Waals surface area contributed by atoms with Crippen molar-refractivity contribution in [1.29, 1.82) is 0 Å². The SMILES string of the molecule is CCOC(=O)[C@@H]1[C@H]2C(=O)N(CCCO)C(C(=O)Nc3c(C)cccc3C)C23CC(C)[C@@]1(C)O3. The van der Waals surface area contributed by atoms with Crippen LogP contribution in [0.2, 0.25) is 0 Å². The third-order valence-corrected chi connectivity index (χ3v) is 7.89. The maximum absolute atomic E-state index is 13.8. The van der Waals surface area contributed by atoms with Gasteiger partial charge in [-0.25, -0.2) is 0 Å². The molecule has 1 aromatic carbocycles. The third kappa shape index (κ3) is 3.37. The highest BCUT2D eigenvalue weighted by Crippen LogP contribution is 2.65. The number of hydrogen-bond donors (Lipinski definition) is 2. The Balaban J connectivity index is 1.77. The van der Waals surface area contributed by atoms with Crippen molar-refractivity contribution in [2.75, 3.05) is 25.1 Å². The van der Waals surface area contributed by atoms with Crippen molar-refractivity contribution in [3.63, 3.8) is 0 Å². The molecule has 180 valence electrons. The molecule has 3 fully saturated rings. The van der Waals surface area contributed by atoms with Crippen molar-refractivity contribution in [1.82, 2.24) is 4.90 Å². The van der Waals surface area contributed by atoms with Gasteiger partial charge in [0.05, 0.1) is 18.1 Å². The summed E-state index contributed by atoms with van der Waals surface area (Å²) in [4.78, 5) is 42.1. The Bertz CT molecular complexity index is 959. The van der Waals surface area contributed by atoms with Crippen molar-refractivity contribution in [2.24, 2.45) is 17.8 Å². The van der Waals surface area contributed by atoms with Gasteiger partial charge in [0.25, 0.3) is 0 Å². The van der Waals surface area contributed by atoms with E-state index in [4.69, 9.17) is 9.47 Å². The summed E-state index contributed by atoms with van der Waals surface area (Å²) < 4.78 is 11.9. The molecule has 4 rings (SSSR count). The van der Waals surface area contributed by atoms with E-state index in [0.29, 0.717) is 18.5 Å². The van der Waals surface area contributed by atoms with Crippen LogP contribution in [0.4, 0.5) is 5.69 Å². The van der Waals surface area contributed by atoms with E-state index in [-0.39, 0.29) is 37.5 Å². The fourth-order valence-corrected chi connectivity index (χ4v) is 6.31. The predicted molar refractivity (Wildman–Crippen MR) is 121 cm³/mol. The number of anilines is 1. The Hall–Kier alpha value is -2.45. The zero-order valence-electron chi connectivity index (χ0n) is 20.0. The van der Waals surface area contributed by atoms with Crippen molar-refractivity contribution in [3.8, 4) is 0 Å². The lowest BCUT2D eigenvalue weighted by Gasteiger charge is -2.35. The summed E-state index contributed by atoms with van der Waals surface area (Å²) in [5, 5.41) is 12.5. The Kier molecular flexibility index (Phi) is 6.03. The number of likely N-dealkylation sites (tertiary alicyclic amines) is 1. The highest BCUT2D eigenvalue weighted by Gasteiger charge is 2.80. The number of aliphatic hydroxyl groups excluding tert-OH is 1. The molecule has 0 aromatic heterocycles. The van der Waals surface area contributed by atoms with Crippen LogP contribution in [0.15, 0.2) is 18.2 Å². The minimum absolute atomic E-state index is 0.0377. The number of esters is 1. The minimum atomic E-state index is -1.11. The molecule has 0 aliphatic carbocycles. The maximum atomic E-state index is 13.8. The number of nitrogens with one attached hydrogen (secondary N) is 1. The Morgan fingerprint density at radius 3 is 2.58 bits per heavy atom. The number of nitrogens with zero attached hydrogens (tertiary/aromatic N) is 1. The summed E-state index contributed by atoms with van der Waals surface area (Å²) in [7, 11) is 0. The first-order valence-electron chi connectivity index (χ1n) is 11.8. The maximum Gasteiger partial charge on any atom is 0.312 e. The standard InChI is InChI=1S/C25H34N2O6/c1-6-32-23(31)18-17-22(30)27(11-8-12-28)20(25(17)13-16(4)24(18,5)33-25)21(29)26-19-14(2)9-7-10-15(19)3/h7,9-10,16-18,20,28H,6,8,11-13H2,1-5H3,(H,26,29)/t16?,17-,18-,20?,24+,25?/m0/s1. The molecule has 3 saturated heterocycles. The van der Waals surface area contributed by atoms with Gasteiger partial charge in [-0.1, -0.05) is 25.1 Å². The van der Waals surface area contributed by atoms with Gasteiger partial charge in [-0.05, 0) is 57.6 Å². The highest BCUT2D eigenvalue weighted by molar-refractivity contribution is 6.04. The lowest BCUT2D eigenvalue weighted by molar-refractivity contribution is -0.160. The topological polar surface area (TPSA) is 105 Å². The number of amides is 2. The normalized spacial score (nSPS) is 34.5. The fourth-order valence-electron chi connectivity index (χ4n) is 6.31. The number of hydrogen-bond acceptors (Lipinski definition) is 6. The van der Waals surface area contributed by atoms with Gasteiger partial charge >= 0.3 is 5.97 Å². The van der Waals surface area contributed by atoms with E-state index in [2.05, 4.69) is 5.32 Å². The van der Waals surface area contributed by atoms with E-state index in [1.807, 2.05) is 45.9 Å². The van der Waals surface area contributed by atoms with Crippen LogP contribution in [-0.4, -0.2) is 64.8 Å². The second kappa shape index (κ2) is 8.40. The van der Waals surface area contributed by atoms with Gasteiger partial charge in [-0.15, -0.1) is 0 Å². The summed E-state index contributed by atoms with van der Waals surface area (Å²) in [6, 6.07) is 4.87. The second-order valence-electron chi connectivity index (χ2n) is 9.82. The molecular weight excluding hydrogens is 424 g/mol. The molecule has 8 nitrogen and oxygen atoms in total. The lowest BCUT2D eigenvalue weighted by atomic mass is 9.62. The molecule has 8 heteroatoms. The molecular formula is C25H34N2O6. The second-order valence-corrected chi connectivity index (χ2v) is 9.82. The van der Waals surface area contributed by atoms with Gasteiger partial charge in [-0.3, -0.25) is 14.4 Å². The summed E-state index contributed by atoms with van der Waals surface area (Å²) in [6.07, 6.45) is 0.828. The minimum Gasteiger partial charge on any atom is -0.466 e. The van der Waals surface area contributed by atoms with Crippen LogP contribution in [0, 0.1) is 31.6 Å². The molecule has 2 bridgehead atoms. The van der Waals surface area contributed by atoms with Gasteiger partial charge in [-0.2, -0.15) is 0 Å². The van der Waals surface area contributed by atoms with Crippen molar-refractivity contribution in [3.05, 3.63) is 29.3 Å². The zero-order chi connectivity index (χ0) is 24.1. The summed E-state index contributed by atoms with van der Waals surface area (Å²) in [5.74, 6) is -2.66. The van der Waals surface area contributed by atoms with Crippen molar-refractivity contribution >= 4 is 23.5 Å². The van der Waals surface area contributed by atoms with Gasteiger partial charge in [0.15, 0.2) is 0 Å². The summed E-state index contributed by atoms with van der Waals surface area (Å²) in [5.41, 5.74) is 0.562. The molecule has 6 atom stereocenters. The number of rotatable bonds is 7. The molecule has 1 spiro atoms. The molecule has 33 heavy (non-hydrogen) atoms. The smallest absolute Gasteiger partial charge is 0.312 e. The molecule has 2 amide bonds. The first-order chi connectivity index (χ1) is 15.6. The molecule has 3 heterocycles. The molecule has 0 saturated carbocycles. The van der Waals surface area contributed by atoms with E-state index in [9.17, 15) is 19.5 Å². The lowest BCUT2D eigenvalue weighted by Crippen LogP contribution is -2.54. The number of fused-ring (bicyclic) bond motifs is 1. The van der Waals surface area contributed by atoms with Crippen LogP contribution in [0.25, 0.3) is 0 Å². The number of carbonyl (C=O) groups is 3. The quantitative estimate of drug-likeness (QED) is 0.607. The molecule has 3 unspecified atom stereocenters. The van der Waals surface area contributed by atoms with Crippen LogP contribution in [0.3, 0.4) is 0 Å². The molecule has 2 N–H and O–H groups in total. The van der Waals surface area contributed by atoms with E-state index in [1.165, 1.54) is 4.90 Å². The number of ether oxygens (including phenoxy) is 2.